The van der Waals surface area contributed by atoms with Crippen LogP contribution in [0.1, 0.15) is 11.4 Å². The smallest absolute Gasteiger partial charge is 0.213 e. The van der Waals surface area contributed by atoms with E-state index in [-0.39, 0.29) is 0 Å². The molecule has 2 aromatic heterocycles. The number of nitrogens with zero attached hydrogens (tertiary/aromatic N) is 5. The third-order valence-electron chi connectivity index (χ3n) is 1.66. The number of nitriles is 1. The van der Waals surface area contributed by atoms with Gasteiger partial charge in [0.15, 0.2) is 11.6 Å². The molecule has 74 valence electrons. The van der Waals surface area contributed by atoms with Crippen molar-refractivity contribution in [3.63, 3.8) is 0 Å². The van der Waals surface area contributed by atoms with E-state index in [1.165, 1.54) is 12.6 Å². The summed E-state index contributed by atoms with van der Waals surface area (Å²) in [6.07, 6.45) is 2.69. The molecule has 1 N–H and O–H groups in total. The fourth-order valence-corrected chi connectivity index (χ4v) is 0.986. The van der Waals surface area contributed by atoms with E-state index in [9.17, 15) is 0 Å². The topological polar surface area (TPSA) is 101 Å². The molecule has 0 unspecified atom stereocenters. The average Bonchev–Trinajstić information content (AvgIpc) is 2.79. The van der Waals surface area contributed by atoms with E-state index in [4.69, 9.17) is 5.26 Å². The van der Waals surface area contributed by atoms with Gasteiger partial charge in [0.25, 0.3) is 0 Å². The molecule has 2 aromatic rings. The van der Waals surface area contributed by atoms with E-state index in [2.05, 4.69) is 30.2 Å². The van der Waals surface area contributed by atoms with E-state index in [0.29, 0.717) is 23.8 Å². The van der Waals surface area contributed by atoms with Gasteiger partial charge in [0, 0.05) is 0 Å². The Morgan fingerprint density at radius 1 is 1.53 bits per heavy atom. The van der Waals surface area contributed by atoms with Gasteiger partial charge in [-0.25, -0.2) is 0 Å². The average molecular weight is 202 g/mol. The second-order valence-corrected chi connectivity index (χ2v) is 2.61. The van der Waals surface area contributed by atoms with Crippen LogP contribution in [0.5, 0.6) is 0 Å². The van der Waals surface area contributed by atoms with E-state index in [0.717, 1.165) is 0 Å². The van der Waals surface area contributed by atoms with E-state index in [1.807, 2.05) is 6.07 Å². The lowest BCUT2D eigenvalue weighted by Gasteiger charge is -2.01. The van der Waals surface area contributed by atoms with Crippen LogP contribution in [-0.2, 0) is 6.54 Å². The van der Waals surface area contributed by atoms with Gasteiger partial charge in [-0.3, -0.25) is 0 Å². The molecule has 7 heteroatoms. The van der Waals surface area contributed by atoms with Crippen molar-refractivity contribution in [2.45, 2.75) is 6.54 Å². The highest BCUT2D eigenvalue weighted by Crippen LogP contribution is 2.08. The Kier molecular flexibility index (Phi) is 2.51. The summed E-state index contributed by atoms with van der Waals surface area (Å²) in [4.78, 5) is 3.82. The van der Waals surface area contributed by atoms with E-state index in [1.54, 1.807) is 6.07 Å². The lowest BCUT2D eigenvalue weighted by molar-refractivity contribution is 0.411. The summed E-state index contributed by atoms with van der Waals surface area (Å²) in [5.41, 5.74) is 0.425. The Hall–Kier alpha value is -2.49. The summed E-state index contributed by atoms with van der Waals surface area (Å²) in [6.45, 7) is 0.337. The van der Waals surface area contributed by atoms with Crippen LogP contribution in [0.25, 0.3) is 0 Å². The number of hydrogen-bond acceptors (Lipinski definition) is 7. The fraction of sp³-hybridized carbons (Fsp3) is 0.125. The Bertz CT molecular complexity index is 474. The molecule has 15 heavy (non-hydrogen) atoms. The summed E-state index contributed by atoms with van der Waals surface area (Å²) in [6, 6.07) is 3.57. The quantitative estimate of drug-likeness (QED) is 0.765. The van der Waals surface area contributed by atoms with Crippen molar-refractivity contribution in [3.8, 4) is 6.07 Å². The van der Waals surface area contributed by atoms with Crippen LogP contribution in [-0.4, -0.2) is 20.3 Å². The zero-order valence-corrected chi connectivity index (χ0v) is 7.58. The molecule has 0 aliphatic heterocycles. The normalized spacial score (nSPS) is 9.53. The molecule has 0 amide bonds. The van der Waals surface area contributed by atoms with Crippen LogP contribution in [0.2, 0.25) is 0 Å². The number of aromatic nitrogens is 4. The number of nitrogens with one attached hydrogen (secondary N) is 1. The monoisotopic (exact) mass is 202 g/mol. The van der Waals surface area contributed by atoms with Gasteiger partial charge in [-0.05, 0) is 6.07 Å². The molecule has 0 aliphatic rings. The molecule has 0 aliphatic carbocycles. The van der Waals surface area contributed by atoms with E-state index < -0.39 is 0 Å². The highest BCUT2D eigenvalue weighted by Gasteiger charge is 2.04. The molecule has 0 atom stereocenters. The lowest BCUT2D eigenvalue weighted by atomic mass is 10.3. The maximum atomic E-state index is 8.77. The Balaban J connectivity index is 2.08. The molecular formula is C8H6N6O. The predicted octanol–water partition coefficient (Wildman–Crippen LogP) is 0.343. The Labute approximate surface area is 84.8 Å². The summed E-state index contributed by atoms with van der Waals surface area (Å²) in [7, 11) is 0. The second-order valence-electron chi connectivity index (χ2n) is 2.61. The summed E-state index contributed by atoms with van der Waals surface area (Å²) in [5, 5.41) is 22.7. The third-order valence-corrected chi connectivity index (χ3v) is 1.66. The van der Waals surface area contributed by atoms with Crippen LogP contribution >= 0.6 is 0 Å². The second kappa shape index (κ2) is 4.15. The summed E-state index contributed by atoms with van der Waals surface area (Å²) in [5.74, 6) is 0.898. The first-order valence-electron chi connectivity index (χ1n) is 4.11. The largest absolute Gasteiger partial charge is 0.360 e. The summed E-state index contributed by atoms with van der Waals surface area (Å²) >= 11 is 0. The van der Waals surface area contributed by atoms with Crippen molar-refractivity contribution in [1.82, 2.24) is 20.3 Å². The predicted molar refractivity (Wildman–Crippen MR) is 48.4 cm³/mol. The lowest BCUT2D eigenvalue weighted by Crippen LogP contribution is -2.05. The van der Waals surface area contributed by atoms with Crippen molar-refractivity contribution < 1.29 is 4.52 Å². The first-order valence-corrected chi connectivity index (χ1v) is 4.11. The molecule has 0 fully saturated rings. The van der Waals surface area contributed by atoms with Gasteiger partial charge in [0.1, 0.15) is 6.07 Å². The maximum absolute atomic E-state index is 8.77. The van der Waals surface area contributed by atoms with Crippen LogP contribution < -0.4 is 5.32 Å². The van der Waals surface area contributed by atoms with Crippen LogP contribution in [0.15, 0.2) is 23.2 Å². The molecular weight excluding hydrogens is 196 g/mol. The van der Waals surface area contributed by atoms with Crippen molar-refractivity contribution in [1.29, 1.82) is 5.26 Å². The standard InChI is InChI=1S/C8H6N6O/c9-3-6-1-2-12-13-8(6)10-4-7-11-5-15-14-7/h1-2,5H,4H2,(H,10,13). The third kappa shape index (κ3) is 2.05. The first-order chi connectivity index (χ1) is 7.40. The zero-order valence-electron chi connectivity index (χ0n) is 7.58. The van der Waals surface area contributed by atoms with E-state index >= 15 is 0 Å². The van der Waals surface area contributed by atoms with Gasteiger partial charge in [-0.15, -0.1) is 5.10 Å². The Morgan fingerprint density at radius 3 is 3.20 bits per heavy atom. The minimum Gasteiger partial charge on any atom is -0.360 e. The van der Waals surface area contributed by atoms with Crippen LogP contribution in [0, 0.1) is 11.3 Å². The van der Waals surface area contributed by atoms with Crippen LogP contribution in [0.3, 0.4) is 0 Å². The SMILES string of the molecule is N#Cc1ccnnc1NCc1ncon1. The molecule has 2 heterocycles. The molecule has 0 saturated heterocycles. The van der Waals surface area contributed by atoms with Gasteiger partial charge in [-0.1, -0.05) is 5.16 Å². The van der Waals surface area contributed by atoms with Crippen LogP contribution in [0.4, 0.5) is 5.82 Å². The molecule has 7 nitrogen and oxygen atoms in total. The van der Waals surface area contributed by atoms with Gasteiger partial charge < -0.3 is 9.84 Å². The molecule has 2 rings (SSSR count). The zero-order chi connectivity index (χ0) is 10.5. The van der Waals surface area contributed by atoms with Crippen molar-refractivity contribution in [3.05, 3.63) is 30.0 Å². The first kappa shape index (κ1) is 9.08. The maximum Gasteiger partial charge on any atom is 0.213 e. The highest BCUT2D eigenvalue weighted by atomic mass is 16.5. The fourth-order valence-electron chi connectivity index (χ4n) is 0.986. The molecule has 0 spiro atoms. The number of rotatable bonds is 3. The van der Waals surface area contributed by atoms with Crippen molar-refractivity contribution >= 4 is 5.82 Å². The van der Waals surface area contributed by atoms with Gasteiger partial charge in [-0.2, -0.15) is 15.3 Å². The summed E-state index contributed by atoms with van der Waals surface area (Å²) < 4.78 is 4.56. The number of hydrogen-bond donors (Lipinski definition) is 1. The minimum absolute atomic E-state index is 0.337. The van der Waals surface area contributed by atoms with Crippen molar-refractivity contribution in [2.75, 3.05) is 5.32 Å². The van der Waals surface area contributed by atoms with Gasteiger partial charge in [0.2, 0.25) is 6.39 Å². The molecule has 0 bridgehead atoms. The minimum atomic E-state index is 0.337. The highest BCUT2D eigenvalue weighted by molar-refractivity contribution is 5.49. The molecule has 0 radical (unpaired) electrons. The molecule has 0 saturated carbocycles. The Morgan fingerprint density at radius 2 is 2.47 bits per heavy atom. The van der Waals surface area contributed by atoms with Crippen molar-refractivity contribution in [2.24, 2.45) is 0 Å². The van der Waals surface area contributed by atoms with Gasteiger partial charge >= 0.3 is 0 Å². The van der Waals surface area contributed by atoms with Gasteiger partial charge in [0.05, 0.1) is 18.3 Å². The molecule has 0 aromatic carbocycles. The number of anilines is 1.